The van der Waals surface area contributed by atoms with Crippen LogP contribution >= 0.6 is 0 Å². The predicted octanol–water partition coefficient (Wildman–Crippen LogP) is 1.53. The van der Waals surface area contributed by atoms with Crippen molar-refractivity contribution < 1.29 is 26.3 Å². The number of nitrogens with one attached hydrogen (secondary N) is 1. The van der Waals surface area contributed by atoms with Gasteiger partial charge in [0.05, 0.1) is 7.11 Å². The quantitative estimate of drug-likeness (QED) is 0.543. The highest BCUT2D eigenvalue weighted by Gasteiger charge is 2.25. The van der Waals surface area contributed by atoms with Crippen LogP contribution in [0.25, 0.3) is 0 Å². The number of para-hydroxylation sites is 2. The average Bonchev–Trinajstić information content (AvgIpc) is 3.22. The van der Waals surface area contributed by atoms with E-state index >= 15 is 0 Å². The van der Waals surface area contributed by atoms with Crippen LogP contribution in [0, 0.1) is 0 Å². The Labute approximate surface area is 174 Å². The van der Waals surface area contributed by atoms with Gasteiger partial charge in [-0.3, -0.25) is 4.72 Å². The zero-order valence-electron chi connectivity index (χ0n) is 16.3. The van der Waals surface area contributed by atoms with Crippen molar-refractivity contribution in [2.24, 2.45) is 0 Å². The Bertz CT molecular complexity index is 1240. The van der Waals surface area contributed by atoms with Gasteiger partial charge in [-0.15, -0.1) is 9.19 Å². The molecule has 0 aliphatic carbocycles. The van der Waals surface area contributed by atoms with Gasteiger partial charge in [-0.2, -0.15) is 21.1 Å². The zero-order valence-corrected chi connectivity index (χ0v) is 17.9. The Kier molecular flexibility index (Phi) is 5.96. The molecule has 0 fully saturated rings. The van der Waals surface area contributed by atoms with Gasteiger partial charge in [0, 0.05) is 19.8 Å². The van der Waals surface area contributed by atoms with Gasteiger partial charge in [-0.05, 0) is 36.4 Å². The molecule has 13 heteroatoms. The van der Waals surface area contributed by atoms with Gasteiger partial charge in [0.25, 0.3) is 15.2 Å². The molecule has 0 unspecified atom stereocenters. The molecule has 0 bridgehead atoms. The van der Waals surface area contributed by atoms with Gasteiger partial charge < -0.3 is 9.47 Å². The number of rotatable bonds is 8. The molecule has 0 spiro atoms. The summed E-state index contributed by atoms with van der Waals surface area (Å²) in [5.74, 6) is 1.52. The zero-order chi connectivity index (χ0) is 21.9. The molecular formula is C17H19N5O6S2. The van der Waals surface area contributed by atoms with E-state index in [-0.39, 0.29) is 5.69 Å². The minimum atomic E-state index is -4.20. The molecule has 30 heavy (non-hydrogen) atoms. The summed E-state index contributed by atoms with van der Waals surface area (Å²) >= 11 is 0. The molecule has 0 aliphatic heterocycles. The SMILES string of the molecule is COc1ccccc1Oc1ccc(NS(=O)(=O)c2ncn(S(=O)(=O)N(C)C)n2)cc1. The molecule has 11 nitrogen and oxygen atoms in total. The highest BCUT2D eigenvalue weighted by Crippen LogP contribution is 2.31. The van der Waals surface area contributed by atoms with E-state index in [1.54, 1.807) is 30.3 Å². The molecule has 3 rings (SSSR count). The Balaban J connectivity index is 1.76. The van der Waals surface area contributed by atoms with E-state index in [1.807, 2.05) is 6.07 Å². The fourth-order valence-electron chi connectivity index (χ4n) is 2.26. The van der Waals surface area contributed by atoms with E-state index in [9.17, 15) is 16.8 Å². The van der Waals surface area contributed by atoms with Crippen LogP contribution in [0.15, 0.2) is 60.0 Å². The highest BCUT2D eigenvalue weighted by molar-refractivity contribution is 7.92. The van der Waals surface area contributed by atoms with Crippen molar-refractivity contribution in [3.8, 4) is 17.2 Å². The molecular weight excluding hydrogens is 434 g/mol. The number of aromatic nitrogens is 3. The number of benzene rings is 2. The van der Waals surface area contributed by atoms with Crippen LogP contribution in [0.4, 0.5) is 5.69 Å². The Morgan fingerprint density at radius 3 is 2.20 bits per heavy atom. The van der Waals surface area contributed by atoms with Gasteiger partial charge in [0.15, 0.2) is 11.5 Å². The summed E-state index contributed by atoms with van der Waals surface area (Å²) in [5, 5.41) is 2.87. The van der Waals surface area contributed by atoms with E-state index in [2.05, 4.69) is 14.8 Å². The molecule has 160 valence electrons. The molecule has 1 heterocycles. The topological polar surface area (TPSA) is 133 Å². The van der Waals surface area contributed by atoms with Gasteiger partial charge in [0.1, 0.15) is 12.1 Å². The van der Waals surface area contributed by atoms with Crippen molar-refractivity contribution in [1.29, 1.82) is 0 Å². The van der Waals surface area contributed by atoms with Crippen molar-refractivity contribution in [3.05, 3.63) is 54.9 Å². The minimum absolute atomic E-state index is 0.217. The lowest BCUT2D eigenvalue weighted by Crippen LogP contribution is -2.29. The summed E-state index contributed by atoms with van der Waals surface area (Å²) in [4.78, 5) is 3.58. The van der Waals surface area contributed by atoms with Crippen molar-refractivity contribution in [1.82, 2.24) is 18.5 Å². The molecule has 2 aromatic carbocycles. The van der Waals surface area contributed by atoms with Crippen LogP contribution in [0.1, 0.15) is 0 Å². The van der Waals surface area contributed by atoms with Gasteiger partial charge >= 0.3 is 10.2 Å². The highest BCUT2D eigenvalue weighted by atomic mass is 32.2. The summed E-state index contributed by atoms with van der Waals surface area (Å²) in [5.41, 5.74) is 0.217. The monoisotopic (exact) mass is 453 g/mol. The third-order valence-electron chi connectivity index (χ3n) is 3.79. The van der Waals surface area contributed by atoms with E-state index < -0.39 is 25.4 Å². The van der Waals surface area contributed by atoms with Crippen LogP contribution in [0.3, 0.4) is 0 Å². The smallest absolute Gasteiger partial charge is 0.323 e. The normalized spacial score (nSPS) is 12.0. The van der Waals surface area contributed by atoms with Gasteiger partial charge in [0.2, 0.25) is 0 Å². The van der Waals surface area contributed by atoms with Gasteiger partial charge in [-0.1, -0.05) is 12.1 Å². The average molecular weight is 454 g/mol. The molecule has 0 radical (unpaired) electrons. The van der Waals surface area contributed by atoms with Gasteiger partial charge in [-0.25, -0.2) is 4.98 Å². The first-order valence-corrected chi connectivity index (χ1v) is 11.3. The summed E-state index contributed by atoms with van der Waals surface area (Å²) < 4.78 is 63.6. The van der Waals surface area contributed by atoms with Crippen molar-refractivity contribution >= 4 is 25.9 Å². The summed E-state index contributed by atoms with van der Waals surface area (Å²) in [6.07, 6.45) is 0.814. The first-order chi connectivity index (χ1) is 14.1. The number of methoxy groups -OCH3 is 1. The van der Waals surface area contributed by atoms with E-state index in [0.717, 1.165) is 10.6 Å². The Morgan fingerprint density at radius 2 is 1.60 bits per heavy atom. The number of hydrogen-bond acceptors (Lipinski definition) is 8. The molecule has 0 atom stereocenters. The second-order valence-electron chi connectivity index (χ2n) is 6.07. The predicted molar refractivity (Wildman–Crippen MR) is 108 cm³/mol. The lowest BCUT2D eigenvalue weighted by atomic mass is 10.3. The van der Waals surface area contributed by atoms with E-state index in [4.69, 9.17) is 9.47 Å². The molecule has 1 aromatic heterocycles. The largest absolute Gasteiger partial charge is 0.493 e. The minimum Gasteiger partial charge on any atom is -0.493 e. The molecule has 1 N–H and O–H groups in total. The Morgan fingerprint density at radius 1 is 0.967 bits per heavy atom. The number of anilines is 1. The number of hydrogen-bond donors (Lipinski definition) is 1. The summed E-state index contributed by atoms with van der Waals surface area (Å²) in [7, 11) is -4.06. The third-order valence-corrected chi connectivity index (χ3v) is 6.54. The molecule has 0 saturated heterocycles. The molecule has 3 aromatic rings. The second-order valence-corrected chi connectivity index (χ2v) is 9.65. The lowest BCUT2D eigenvalue weighted by molar-refractivity contribution is 0.379. The van der Waals surface area contributed by atoms with E-state index in [1.165, 1.54) is 33.3 Å². The van der Waals surface area contributed by atoms with Crippen LogP contribution in [-0.4, -0.2) is 56.5 Å². The van der Waals surface area contributed by atoms with Crippen LogP contribution in [0.2, 0.25) is 0 Å². The number of ether oxygens (including phenoxy) is 2. The summed E-state index contributed by atoms with van der Waals surface area (Å²) in [6, 6.07) is 13.2. The van der Waals surface area contributed by atoms with Crippen molar-refractivity contribution in [2.75, 3.05) is 25.9 Å². The van der Waals surface area contributed by atoms with Crippen molar-refractivity contribution in [3.63, 3.8) is 0 Å². The number of sulfonamides is 1. The first kappa shape index (κ1) is 21.5. The van der Waals surface area contributed by atoms with Crippen LogP contribution in [0.5, 0.6) is 17.2 Å². The second kappa shape index (κ2) is 8.30. The maximum Gasteiger partial charge on any atom is 0.323 e. The first-order valence-electron chi connectivity index (χ1n) is 8.42. The van der Waals surface area contributed by atoms with Crippen molar-refractivity contribution in [2.45, 2.75) is 5.16 Å². The fourth-order valence-corrected chi connectivity index (χ4v) is 3.91. The molecule has 0 saturated carbocycles. The van der Waals surface area contributed by atoms with Crippen LogP contribution in [-0.2, 0) is 20.2 Å². The maximum absolute atomic E-state index is 12.5. The standard InChI is InChI=1S/C17H19N5O6S2/c1-21(2)30(25,26)22-12-18-17(19-22)29(23,24)20-13-8-10-14(11-9-13)28-16-7-5-4-6-15(16)27-3/h4-12,20H,1-3H3. The van der Waals surface area contributed by atoms with E-state index in [0.29, 0.717) is 21.3 Å². The lowest BCUT2D eigenvalue weighted by Gasteiger charge is -2.11. The molecule has 0 aliphatic rings. The summed E-state index contributed by atoms with van der Waals surface area (Å²) in [6.45, 7) is 0. The fraction of sp³-hybridized carbons (Fsp3) is 0.176. The maximum atomic E-state index is 12.5. The molecule has 0 amide bonds. The Hall–Kier alpha value is -3.16. The van der Waals surface area contributed by atoms with Crippen LogP contribution < -0.4 is 14.2 Å². The number of nitrogens with zero attached hydrogens (tertiary/aromatic N) is 4. The third kappa shape index (κ3) is 4.53.